The van der Waals surface area contributed by atoms with Crippen molar-refractivity contribution in [2.75, 3.05) is 6.61 Å². The Kier molecular flexibility index (Phi) is 4.23. The first-order chi connectivity index (χ1) is 6.65. The van der Waals surface area contributed by atoms with E-state index in [0.717, 1.165) is 17.7 Å². The first-order valence-electron chi connectivity index (χ1n) is 4.83. The van der Waals surface area contributed by atoms with Gasteiger partial charge in [-0.05, 0) is 31.5 Å². The van der Waals surface area contributed by atoms with E-state index in [2.05, 4.69) is 6.92 Å². The van der Waals surface area contributed by atoms with Crippen LogP contribution in [0.1, 0.15) is 31.9 Å². The highest BCUT2D eigenvalue weighted by Gasteiger charge is 2.08. The first-order valence-corrected chi connectivity index (χ1v) is 5.20. The second-order valence-electron chi connectivity index (χ2n) is 3.32. The van der Waals surface area contributed by atoms with Gasteiger partial charge in [0.05, 0.1) is 6.61 Å². The summed E-state index contributed by atoms with van der Waals surface area (Å²) in [4.78, 5) is 0. The molecule has 1 aromatic rings. The van der Waals surface area contributed by atoms with E-state index in [1.165, 1.54) is 0 Å². The Morgan fingerprint density at radius 2 is 2.21 bits per heavy atom. The molecule has 14 heavy (non-hydrogen) atoms. The molecule has 0 aliphatic rings. The summed E-state index contributed by atoms with van der Waals surface area (Å²) in [5.74, 6) is 0.839. The largest absolute Gasteiger partial charge is 0.493 e. The summed E-state index contributed by atoms with van der Waals surface area (Å²) < 4.78 is 5.56. The predicted octanol–water partition coefficient (Wildman–Crippen LogP) is 3.15. The van der Waals surface area contributed by atoms with Crippen LogP contribution in [0, 0.1) is 0 Å². The zero-order chi connectivity index (χ0) is 10.6. The molecule has 2 N–H and O–H groups in total. The van der Waals surface area contributed by atoms with Gasteiger partial charge in [-0.2, -0.15) is 0 Å². The average Bonchev–Trinajstić information content (AvgIpc) is 2.15. The predicted molar refractivity (Wildman–Crippen MR) is 59.8 cm³/mol. The van der Waals surface area contributed by atoms with E-state index in [1.54, 1.807) is 0 Å². The van der Waals surface area contributed by atoms with Crippen molar-refractivity contribution >= 4 is 11.6 Å². The van der Waals surface area contributed by atoms with E-state index >= 15 is 0 Å². The Balaban J connectivity index is 2.90. The molecule has 0 radical (unpaired) electrons. The molecule has 0 fully saturated rings. The molecule has 1 atom stereocenters. The van der Waals surface area contributed by atoms with Crippen LogP contribution in [-0.2, 0) is 0 Å². The van der Waals surface area contributed by atoms with Gasteiger partial charge in [0.15, 0.2) is 0 Å². The third-order valence-corrected chi connectivity index (χ3v) is 2.16. The SMILES string of the molecule is CCCOc1ccc(Cl)cc1[C@H](C)N. The zero-order valence-corrected chi connectivity index (χ0v) is 9.34. The van der Waals surface area contributed by atoms with Gasteiger partial charge in [0, 0.05) is 16.6 Å². The second kappa shape index (κ2) is 5.23. The van der Waals surface area contributed by atoms with Crippen LogP contribution in [-0.4, -0.2) is 6.61 Å². The third kappa shape index (κ3) is 2.89. The lowest BCUT2D eigenvalue weighted by atomic mass is 10.1. The number of rotatable bonds is 4. The summed E-state index contributed by atoms with van der Waals surface area (Å²) in [6.07, 6.45) is 0.987. The van der Waals surface area contributed by atoms with Crippen molar-refractivity contribution in [1.82, 2.24) is 0 Å². The van der Waals surface area contributed by atoms with E-state index in [0.29, 0.717) is 11.6 Å². The van der Waals surface area contributed by atoms with Crippen LogP contribution < -0.4 is 10.5 Å². The third-order valence-electron chi connectivity index (χ3n) is 1.92. The molecule has 0 bridgehead atoms. The van der Waals surface area contributed by atoms with E-state index < -0.39 is 0 Å². The van der Waals surface area contributed by atoms with Crippen molar-refractivity contribution in [3.63, 3.8) is 0 Å². The van der Waals surface area contributed by atoms with Crippen LogP contribution in [0.15, 0.2) is 18.2 Å². The van der Waals surface area contributed by atoms with E-state index in [9.17, 15) is 0 Å². The Morgan fingerprint density at radius 1 is 1.50 bits per heavy atom. The lowest BCUT2D eigenvalue weighted by Crippen LogP contribution is -2.08. The Labute approximate surface area is 90.0 Å². The summed E-state index contributed by atoms with van der Waals surface area (Å²) in [7, 11) is 0. The van der Waals surface area contributed by atoms with E-state index in [-0.39, 0.29) is 6.04 Å². The van der Waals surface area contributed by atoms with Gasteiger partial charge in [0.2, 0.25) is 0 Å². The quantitative estimate of drug-likeness (QED) is 0.834. The zero-order valence-electron chi connectivity index (χ0n) is 8.59. The molecule has 0 saturated carbocycles. The highest BCUT2D eigenvalue weighted by atomic mass is 35.5. The first kappa shape index (κ1) is 11.3. The number of halogens is 1. The van der Waals surface area contributed by atoms with Crippen LogP contribution in [0.3, 0.4) is 0 Å². The van der Waals surface area contributed by atoms with Crippen molar-refractivity contribution in [1.29, 1.82) is 0 Å². The number of benzene rings is 1. The van der Waals surface area contributed by atoms with Crippen LogP contribution >= 0.6 is 11.6 Å². The van der Waals surface area contributed by atoms with E-state index in [1.807, 2.05) is 25.1 Å². The lowest BCUT2D eigenvalue weighted by molar-refractivity contribution is 0.312. The van der Waals surface area contributed by atoms with Gasteiger partial charge in [0.25, 0.3) is 0 Å². The molecule has 0 aromatic heterocycles. The molecule has 0 amide bonds. The smallest absolute Gasteiger partial charge is 0.124 e. The maximum Gasteiger partial charge on any atom is 0.124 e. The molecule has 0 aliphatic carbocycles. The van der Waals surface area contributed by atoms with Gasteiger partial charge >= 0.3 is 0 Å². The summed E-state index contributed by atoms with van der Waals surface area (Å²) in [6, 6.07) is 5.49. The van der Waals surface area contributed by atoms with Gasteiger partial charge in [-0.15, -0.1) is 0 Å². The summed E-state index contributed by atoms with van der Waals surface area (Å²) >= 11 is 5.88. The van der Waals surface area contributed by atoms with Crippen molar-refractivity contribution < 1.29 is 4.74 Å². The molecule has 0 aliphatic heterocycles. The number of hydrogen-bond acceptors (Lipinski definition) is 2. The summed E-state index contributed by atoms with van der Waals surface area (Å²) in [5.41, 5.74) is 6.78. The van der Waals surface area contributed by atoms with Crippen LogP contribution in [0.4, 0.5) is 0 Å². The highest BCUT2D eigenvalue weighted by molar-refractivity contribution is 6.30. The molecule has 3 heteroatoms. The van der Waals surface area contributed by atoms with Crippen LogP contribution in [0.2, 0.25) is 5.02 Å². The minimum absolute atomic E-state index is 0.0550. The fourth-order valence-corrected chi connectivity index (χ4v) is 1.40. The molecule has 0 unspecified atom stereocenters. The molecular formula is C11H16ClNO. The van der Waals surface area contributed by atoms with Crippen molar-refractivity contribution in [3.05, 3.63) is 28.8 Å². The minimum Gasteiger partial charge on any atom is -0.493 e. The maximum atomic E-state index is 5.88. The lowest BCUT2D eigenvalue weighted by Gasteiger charge is -2.13. The molecule has 0 spiro atoms. The molecule has 0 saturated heterocycles. The summed E-state index contributed by atoms with van der Waals surface area (Å²) in [6.45, 7) is 4.70. The number of ether oxygens (including phenoxy) is 1. The van der Waals surface area contributed by atoms with Crippen molar-refractivity contribution in [2.45, 2.75) is 26.3 Å². The molecule has 1 aromatic carbocycles. The standard InChI is InChI=1S/C11H16ClNO/c1-3-6-14-11-5-4-9(12)7-10(11)8(2)13/h4-5,7-8H,3,6,13H2,1-2H3/t8-/m0/s1. The monoisotopic (exact) mass is 213 g/mol. The topological polar surface area (TPSA) is 35.2 Å². The van der Waals surface area contributed by atoms with Gasteiger partial charge < -0.3 is 10.5 Å². The average molecular weight is 214 g/mol. The fraction of sp³-hybridized carbons (Fsp3) is 0.455. The number of hydrogen-bond donors (Lipinski definition) is 1. The molecular weight excluding hydrogens is 198 g/mol. The van der Waals surface area contributed by atoms with Crippen LogP contribution in [0.25, 0.3) is 0 Å². The summed E-state index contributed by atoms with van der Waals surface area (Å²) in [5, 5.41) is 0.696. The van der Waals surface area contributed by atoms with Gasteiger partial charge in [-0.1, -0.05) is 18.5 Å². The Bertz CT molecular complexity index is 299. The van der Waals surface area contributed by atoms with Gasteiger partial charge in [-0.3, -0.25) is 0 Å². The maximum absolute atomic E-state index is 5.88. The Hall–Kier alpha value is -0.730. The Morgan fingerprint density at radius 3 is 2.79 bits per heavy atom. The molecule has 0 heterocycles. The minimum atomic E-state index is -0.0550. The fourth-order valence-electron chi connectivity index (χ4n) is 1.22. The van der Waals surface area contributed by atoms with Crippen molar-refractivity contribution in [3.8, 4) is 5.75 Å². The van der Waals surface area contributed by atoms with Gasteiger partial charge in [0.1, 0.15) is 5.75 Å². The second-order valence-corrected chi connectivity index (χ2v) is 3.76. The normalized spacial score (nSPS) is 12.6. The molecule has 1 rings (SSSR count). The van der Waals surface area contributed by atoms with Crippen molar-refractivity contribution in [2.24, 2.45) is 5.73 Å². The molecule has 78 valence electrons. The van der Waals surface area contributed by atoms with E-state index in [4.69, 9.17) is 22.1 Å². The highest BCUT2D eigenvalue weighted by Crippen LogP contribution is 2.27. The van der Waals surface area contributed by atoms with Gasteiger partial charge in [-0.25, -0.2) is 0 Å². The number of nitrogens with two attached hydrogens (primary N) is 1. The van der Waals surface area contributed by atoms with Crippen LogP contribution in [0.5, 0.6) is 5.75 Å². The molecule has 2 nitrogen and oxygen atoms in total.